The first-order valence-electron chi connectivity index (χ1n) is 12.4. The van der Waals surface area contributed by atoms with Crippen molar-refractivity contribution in [1.29, 1.82) is 0 Å². The molecule has 8 heteroatoms. The maximum absolute atomic E-state index is 13.3. The summed E-state index contributed by atoms with van der Waals surface area (Å²) in [7, 11) is 0. The summed E-state index contributed by atoms with van der Waals surface area (Å²) in [6, 6.07) is 10.7. The lowest BCUT2D eigenvalue weighted by atomic mass is 9.95. The fourth-order valence-corrected chi connectivity index (χ4v) is 4.36. The van der Waals surface area contributed by atoms with E-state index in [-0.39, 0.29) is 28.9 Å². The molecule has 0 spiro atoms. The third-order valence-electron chi connectivity index (χ3n) is 6.17. The Hall–Kier alpha value is -3.52. The van der Waals surface area contributed by atoms with E-state index < -0.39 is 17.7 Å². The molecule has 194 valence electrons. The van der Waals surface area contributed by atoms with Crippen LogP contribution in [0.5, 0.6) is 17.2 Å². The van der Waals surface area contributed by atoms with Crippen LogP contribution in [0, 0.1) is 0 Å². The normalized spacial score (nSPS) is 17.3. The van der Waals surface area contributed by atoms with Gasteiger partial charge in [0.2, 0.25) is 0 Å². The minimum atomic E-state index is -0.838. The van der Waals surface area contributed by atoms with E-state index in [1.165, 1.54) is 11.0 Å². The van der Waals surface area contributed by atoms with Crippen LogP contribution >= 0.6 is 0 Å². The number of ketones is 1. The number of nitrogens with zero attached hydrogens (tertiary/aromatic N) is 2. The Kier molecular flexibility index (Phi) is 8.98. The number of likely N-dealkylation sites (tertiary alicyclic amines) is 1. The van der Waals surface area contributed by atoms with Gasteiger partial charge in [-0.25, -0.2) is 0 Å². The predicted molar refractivity (Wildman–Crippen MR) is 138 cm³/mol. The third kappa shape index (κ3) is 5.82. The van der Waals surface area contributed by atoms with Crippen LogP contribution in [-0.2, 0) is 9.59 Å². The van der Waals surface area contributed by atoms with Gasteiger partial charge in [0.25, 0.3) is 11.7 Å². The van der Waals surface area contributed by atoms with E-state index in [0.29, 0.717) is 36.6 Å². The standard InChI is InChI=1S/C28H36N2O6/c1-6-29(7-2)14-15-30-25(19-12-13-22(31)23(17-19)35-8-3)24(27(33)28(30)34)26(32)20-10-9-11-21(16-20)36-18(4)5/h9-13,16-18,25,31-32H,6-8,14-15H2,1-5H3/b26-24-. The number of carbonyl (C=O) groups is 2. The van der Waals surface area contributed by atoms with Crippen molar-refractivity contribution >= 4 is 17.4 Å². The lowest BCUT2D eigenvalue weighted by Crippen LogP contribution is -2.38. The van der Waals surface area contributed by atoms with Crippen molar-refractivity contribution in [2.75, 3.05) is 32.8 Å². The van der Waals surface area contributed by atoms with Gasteiger partial charge in [-0.3, -0.25) is 9.59 Å². The molecular weight excluding hydrogens is 460 g/mol. The molecule has 1 saturated heterocycles. The Labute approximate surface area is 212 Å². The second-order valence-electron chi connectivity index (χ2n) is 8.87. The van der Waals surface area contributed by atoms with Crippen LogP contribution in [0.3, 0.4) is 0 Å². The van der Waals surface area contributed by atoms with Gasteiger partial charge < -0.3 is 29.5 Å². The minimum absolute atomic E-state index is 0.00520. The number of hydrogen-bond donors (Lipinski definition) is 2. The second kappa shape index (κ2) is 11.9. The Morgan fingerprint density at radius 3 is 2.44 bits per heavy atom. The van der Waals surface area contributed by atoms with E-state index in [0.717, 1.165) is 13.1 Å². The summed E-state index contributed by atoms with van der Waals surface area (Å²) in [5.41, 5.74) is 0.934. The molecule has 0 aromatic heterocycles. The molecule has 1 unspecified atom stereocenters. The molecular formula is C28H36N2O6. The minimum Gasteiger partial charge on any atom is -0.507 e. The molecule has 8 nitrogen and oxygen atoms in total. The van der Waals surface area contributed by atoms with Gasteiger partial charge in [0, 0.05) is 18.7 Å². The van der Waals surface area contributed by atoms with Crippen LogP contribution in [0.25, 0.3) is 5.76 Å². The molecule has 1 fully saturated rings. The smallest absolute Gasteiger partial charge is 0.295 e. The van der Waals surface area contributed by atoms with Gasteiger partial charge in [-0.2, -0.15) is 0 Å². The van der Waals surface area contributed by atoms with Crippen molar-refractivity contribution in [2.24, 2.45) is 0 Å². The Balaban J connectivity index is 2.14. The highest BCUT2D eigenvalue weighted by atomic mass is 16.5. The molecule has 1 amide bonds. The quantitative estimate of drug-likeness (QED) is 0.271. The number of aliphatic hydroxyl groups is 1. The van der Waals surface area contributed by atoms with E-state index in [1.54, 1.807) is 43.3 Å². The van der Waals surface area contributed by atoms with E-state index in [9.17, 15) is 19.8 Å². The third-order valence-corrected chi connectivity index (χ3v) is 6.17. The average Bonchev–Trinajstić information content (AvgIpc) is 3.10. The van der Waals surface area contributed by atoms with Crippen molar-refractivity contribution in [3.63, 3.8) is 0 Å². The molecule has 0 bridgehead atoms. The zero-order chi connectivity index (χ0) is 26.4. The topological polar surface area (TPSA) is 99.5 Å². The molecule has 3 rings (SSSR count). The number of hydrogen-bond acceptors (Lipinski definition) is 7. The monoisotopic (exact) mass is 496 g/mol. The van der Waals surface area contributed by atoms with E-state index in [2.05, 4.69) is 4.90 Å². The van der Waals surface area contributed by atoms with Crippen molar-refractivity contribution in [3.05, 3.63) is 59.2 Å². The summed E-state index contributed by atoms with van der Waals surface area (Å²) in [6.07, 6.45) is -0.0676. The van der Waals surface area contributed by atoms with Gasteiger partial charge in [0.05, 0.1) is 24.3 Å². The number of amides is 1. The molecule has 1 aliphatic heterocycles. The molecule has 0 saturated carbocycles. The number of ether oxygens (including phenoxy) is 2. The van der Waals surface area contributed by atoms with Crippen LogP contribution in [-0.4, -0.2) is 70.6 Å². The number of benzene rings is 2. The van der Waals surface area contributed by atoms with Gasteiger partial charge in [0.1, 0.15) is 11.5 Å². The summed E-state index contributed by atoms with van der Waals surface area (Å²) < 4.78 is 11.3. The zero-order valence-corrected chi connectivity index (χ0v) is 21.7. The summed E-state index contributed by atoms with van der Waals surface area (Å²) in [6.45, 7) is 12.5. The van der Waals surface area contributed by atoms with Gasteiger partial charge in [0.15, 0.2) is 11.5 Å². The van der Waals surface area contributed by atoms with E-state index in [4.69, 9.17) is 9.47 Å². The molecule has 2 N–H and O–H groups in total. The Morgan fingerprint density at radius 2 is 1.81 bits per heavy atom. The van der Waals surface area contributed by atoms with Crippen molar-refractivity contribution in [2.45, 2.75) is 46.8 Å². The number of likely N-dealkylation sites (N-methyl/N-ethyl adjacent to an activating group) is 1. The largest absolute Gasteiger partial charge is 0.507 e. The number of phenolic OH excluding ortho intramolecular Hbond substituents is 1. The second-order valence-corrected chi connectivity index (χ2v) is 8.87. The molecule has 2 aromatic rings. The van der Waals surface area contributed by atoms with Gasteiger partial charge >= 0.3 is 0 Å². The number of phenols is 1. The predicted octanol–water partition coefficient (Wildman–Crippen LogP) is 4.34. The van der Waals surface area contributed by atoms with E-state index >= 15 is 0 Å². The number of aliphatic hydroxyl groups excluding tert-OH is 1. The summed E-state index contributed by atoms with van der Waals surface area (Å²) in [5, 5.41) is 21.6. The van der Waals surface area contributed by atoms with Gasteiger partial charge in [-0.1, -0.05) is 32.0 Å². The zero-order valence-electron chi connectivity index (χ0n) is 21.7. The first-order chi connectivity index (χ1) is 17.2. The SMILES string of the molecule is CCOc1cc(C2/C(=C(/O)c3cccc(OC(C)C)c3)C(=O)C(=O)N2CCN(CC)CC)ccc1O. The summed E-state index contributed by atoms with van der Waals surface area (Å²) >= 11 is 0. The van der Waals surface area contributed by atoms with Crippen LogP contribution < -0.4 is 9.47 Å². The van der Waals surface area contributed by atoms with Crippen LogP contribution in [0.4, 0.5) is 0 Å². The van der Waals surface area contributed by atoms with Crippen LogP contribution in [0.15, 0.2) is 48.0 Å². The van der Waals surface area contributed by atoms with Crippen LogP contribution in [0.2, 0.25) is 0 Å². The molecule has 1 aliphatic rings. The highest BCUT2D eigenvalue weighted by molar-refractivity contribution is 6.46. The van der Waals surface area contributed by atoms with Crippen molar-refractivity contribution in [1.82, 2.24) is 9.80 Å². The fourth-order valence-electron chi connectivity index (χ4n) is 4.36. The average molecular weight is 497 g/mol. The number of aromatic hydroxyl groups is 1. The number of Topliss-reactive ketones (excluding diaryl/α,β-unsaturated/α-hetero) is 1. The summed E-state index contributed by atoms with van der Waals surface area (Å²) in [5.74, 6) is -0.947. The first-order valence-corrected chi connectivity index (χ1v) is 12.4. The number of rotatable bonds is 11. The molecule has 0 aliphatic carbocycles. The molecule has 1 heterocycles. The first kappa shape index (κ1) is 27.1. The summed E-state index contributed by atoms with van der Waals surface area (Å²) in [4.78, 5) is 30.2. The van der Waals surface area contributed by atoms with Gasteiger partial charge in [-0.15, -0.1) is 0 Å². The fraction of sp³-hybridized carbons (Fsp3) is 0.429. The maximum Gasteiger partial charge on any atom is 0.295 e. The molecule has 2 aromatic carbocycles. The lowest BCUT2D eigenvalue weighted by Gasteiger charge is -2.28. The lowest BCUT2D eigenvalue weighted by molar-refractivity contribution is -0.140. The molecule has 1 atom stereocenters. The van der Waals surface area contributed by atoms with Gasteiger partial charge in [-0.05, 0) is 63.7 Å². The Morgan fingerprint density at radius 1 is 1.08 bits per heavy atom. The number of carbonyl (C=O) groups excluding carboxylic acids is 2. The van der Waals surface area contributed by atoms with Crippen molar-refractivity contribution < 1.29 is 29.3 Å². The Bertz CT molecular complexity index is 1120. The highest BCUT2D eigenvalue weighted by Gasteiger charge is 2.46. The molecule has 36 heavy (non-hydrogen) atoms. The van der Waals surface area contributed by atoms with E-state index in [1.807, 2.05) is 27.7 Å². The maximum atomic E-state index is 13.3. The highest BCUT2D eigenvalue weighted by Crippen LogP contribution is 2.42. The van der Waals surface area contributed by atoms with Crippen LogP contribution in [0.1, 0.15) is 51.8 Å². The van der Waals surface area contributed by atoms with Crippen molar-refractivity contribution in [3.8, 4) is 17.2 Å². The molecule has 0 radical (unpaired) electrons.